The number of methoxy groups -OCH3 is 1. The lowest BCUT2D eigenvalue weighted by Crippen LogP contribution is -2.36. The Morgan fingerprint density at radius 2 is 1.89 bits per heavy atom. The second-order valence-corrected chi connectivity index (χ2v) is 5.98. The molecule has 0 amide bonds. The Morgan fingerprint density at radius 1 is 1.26 bits per heavy atom. The van der Waals surface area contributed by atoms with Gasteiger partial charge in [-0.15, -0.1) is 0 Å². The van der Waals surface area contributed by atoms with Gasteiger partial charge in [0, 0.05) is 31.9 Å². The molecule has 1 rings (SSSR count). The van der Waals surface area contributed by atoms with E-state index in [2.05, 4.69) is 38.7 Å². The molecule has 108 valence electrons. The standard InChI is InChI=1S/C16H28N2O/c1-13(2)18(11-10-16(3,4)19-5)12-14-8-6-7-9-15(14)17/h6-9,13H,10-12,17H2,1-5H3. The second kappa shape index (κ2) is 6.92. The number of para-hydroxylation sites is 1. The van der Waals surface area contributed by atoms with E-state index >= 15 is 0 Å². The fraction of sp³-hybridized carbons (Fsp3) is 0.625. The van der Waals surface area contributed by atoms with Crippen LogP contribution in [0.4, 0.5) is 5.69 Å². The van der Waals surface area contributed by atoms with E-state index in [0.717, 1.165) is 25.2 Å². The number of anilines is 1. The van der Waals surface area contributed by atoms with Crippen LogP contribution in [0.25, 0.3) is 0 Å². The number of nitrogen functional groups attached to an aromatic ring is 1. The van der Waals surface area contributed by atoms with Gasteiger partial charge in [-0.2, -0.15) is 0 Å². The van der Waals surface area contributed by atoms with Crippen molar-refractivity contribution in [3.63, 3.8) is 0 Å². The van der Waals surface area contributed by atoms with Crippen LogP contribution in [-0.2, 0) is 11.3 Å². The number of hydrogen-bond donors (Lipinski definition) is 1. The van der Waals surface area contributed by atoms with Crippen molar-refractivity contribution in [2.75, 3.05) is 19.4 Å². The van der Waals surface area contributed by atoms with Crippen LogP contribution in [0, 0.1) is 0 Å². The van der Waals surface area contributed by atoms with Crippen molar-refractivity contribution < 1.29 is 4.74 Å². The third-order valence-electron chi connectivity index (χ3n) is 3.71. The average Bonchev–Trinajstić information content (AvgIpc) is 2.36. The molecular formula is C16H28N2O. The number of rotatable bonds is 7. The van der Waals surface area contributed by atoms with E-state index in [0.29, 0.717) is 6.04 Å². The van der Waals surface area contributed by atoms with Crippen molar-refractivity contribution in [2.24, 2.45) is 0 Å². The van der Waals surface area contributed by atoms with E-state index in [1.807, 2.05) is 18.2 Å². The highest BCUT2D eigenvalue weighted by atomic mass is 16.5. The molecule has 2 N–H and O–H groups in total. The zero-order chi connectivity index (χ0) is 14.5. The normalized spacial score (nSPS) is 12.4. The smallest absolute Gasteiger partial charge is 0.0634 e. The Kier molecular flexibility index (Phi) is 5.83. The number of benzene rings is 1. The van der Waals surface area contributed by atoms with Crippen LogP contribution >= 0.6 is 0 Å². The van der Waals surface area contributed by atoms with Gasteiger partial charge in [-0.1, -0.05) is 18.2 Å². The van der Waals surface area contributed by atoms with Crippen molar-refractivity contribution >= 4 is 5.69 Å². The van der Waals surface area contributed by atoms with Gasteiger partial charge in [0.25, 0.3) is 0 Å². The maximum Gasteiger partial charge on any atom is 0.0634 e. The zero-order valence-corrected chi connectivity index (χ0v) is 12.9. The summed E-state index contributed by atoms with van der Waals surface area (Å²) < 4.78 is 5.49. The molecule has 0 aliphatic heterocycles. The topological polar surface area (TPSA) is 38.5 Å². The van der Waals surface area contributed by atoms with Gasteiger partial charge in [-0.25, -0.2) is 0 Å². The number of ether oxygens (including phenoxy) is 1. The lowest BCUT2D eigenvalue weighted by Gasteiger charge is -2.31. The minimum Gasteiger partial charge on any atom is -0.398 e. The van der Waals surface area contributed by atoms with Crippen molar-refractivity contribution in [1.82, 2.24) is 4.90 Å². The van der Waals surface area contributed by atoms with E-state index in [1.54, 1.807) is 7.11 Å². The summed E-state index contributed by atoms with van der Waals surface area (Å²) in [5.41, 5.74) is 8.03. The van der Waals surface area contributed by atoms with Gasteiger partial charge in [-0.3, -0.25) is 4.90 Å². The molecule has 0 heterocycles. The van der Waals surface area contributed by atoms with Crippen LogP contribution in [-0.4, -0.2) is 30.2 Å². The van der Waals surface area contributed by atoms with Crippen LogP contribution in [0.5, 0.6) is 0 Å². The first-order chi connectivity index (χ1) is 8.85. The quantitative estimate of drug-likeness (QED) is 0.768. The van der Waals surface area contributed by atoms with Crippen LogP contribution in [0.3, 0.4) is 0 Å². The summed E-state index contributed by atoms with van der Waals surface area (Å²) in [6.45, 7) is 10.6. The van der Waals surface area contributed by atoms with E-state index in [9.17, 15) is 0 Å². The minimum atomic E-state index is -0.0740. The second-order valence-electron chi connectivity index (χ2n) is 5.98. The monoisotopic (exact) mass is 264 g/mol. The fourth-order valence-electron chi connectivity index (χ4n) is 1.93. The van der Waals surface area contributed by atoms with Crippen LogP contribution in [0.1, 0.15) is 39.7 Å². The highest BCUT2D eigenvalue weighted by Crippen LogP contribution is 2.19. The van der Waals surface area contributed by atoms with Crippen molar-refractivity contribution in [3.05, 3.63) is 29.8 Å². The zero-order valence-electron chi connectivity index (χ0n) is 12.9. The highest BCUT2D eigenvalue weighted by Gasteiger charge is 2.19. The molecule has 0 radical (unpaired) electrons. The van der Waals surface area contributed by atoms with E-state index < -0.39 is 0 Å². The summed E-state index contributed by atoms with van der Waals surface area (Å²) in [6, 6.07) is 8.59. The summed E-state index contributed by atoms with van der Waals surface area (Å²) in [6.07, 6.45) is 1.01. The van der Waals surface area contributed by atoms with Gasteiger partial charge < -0.3 is 10.5 Å². The third-order valence-corrected chi connectivity index (χ3v) is 3.71. The first-order valence-electron chi connectivity index (χ1n) is 6.98. The number of nitrogens with two attached hydrogens (primary N) is 1. The predicted octanol–water partition coefficient (Wildman–Crippen LogP) is 3.29. The van der Waals surface area contributed by atoms with Crippen LogP contribution < -0.4 is 5.73 Å². The van der Waals surface area contributed by atoms with Crippen LogP contribution in [0.2, 0.25) is 0 Å². The summed E-state index contributed by atoms with van der Waals surface area (Å²) in [5.74, 6) is 0. The molecule has 0 saturated heterocycles. The Balaban J connectivity index is 2.66. The van der Waals surface area contributed by atoms with Gasteiger partial charge in [0.2, 0.25) is 0 Å². The Labute approximate surface area is 117 Å². The SMILES string of the molecule is COC(C)(C)CCN(Cc1ccccc1N)C(C)C. The predicted molar refractivity (Wildman–Crippen MR) is 82.1 cm³/mol. The van der Waals surface area contributed by atoms with E-state index in [1.165, 1.54) is 5.56 Å². The largest absolute Gasteiger partial charge is 0.398 e. The maximum absolute atomic E-state index is 6.03. The van der Waals surface area contributed by atoms with Crippen molar-refractivity contribution in [1.29, 1.82) is 0 Å². The number of nitrogens with zero attached hydrogens (tertiary/aromatic N) is 1. The molecule has 0 atom stereocenters. The molecule has 0 unspecified atom stereocenters. The van der Waals surface area contributed by atoms with E-state index in [-0.39, 0.29) is 5.60 Å². The molecule has 3 nitrogen and oxygen atoms in total. The van der Waals surface area contributed by atoms with Gasteiger partial charge in [0.05, 0.1) is 5.60 Å². The number of hydrogen-bond acceptors (Lipinski definition) is 3. The fourth-order valence-corrected chi connectivity index (χ4v) is 1.93. The van der Waals surface area contributed by atoms with Crippen LogP contribution in [0.15, 0.2) is 24.3 Å². The summed E-state index contributed by atoms with van der Waals surface area (Å²) in [7, 11) is 1.77. The molecule has 0 spiro atoms. The summed E-state index contributed by atoms with van der Waals surface area (Å²) in [5, 5.41) is 0. The molecular weight excluding hydrogens is 236 g/mol. The first kappa shape index (κ1) is 16.0. The molecule has 0 bridgehead atoms. The molecule has 0 saturated carbocycles. The summed E-state index contributed by atoms with van der Waals surface area (Å²) in [4.78, 5) is 2.44. The highest BCUT2D eigenvalue weighted by molar-refractivity contribution is 5.46. The third kappa shape index (κ3) is 5.21. The van der Waals surface area contributed by atoms with Crippen molar-refractivity contribution in [3.8, 4) is 0 Å². The molecule has 19 heavy (non-hydrogen) atoms. The average molecular weight is 264 g/mol. The molecule has 3 heteroatoms. The van der Waals surface area contributed by atoms with Gasteiger partial charge in [0.1, 0.15) is 0 Å². The Morgan fingerprint density at radius 3 is 2.42 bits per heavy atom. The van der Waals surface area contributed by atoms with Gasteiger partial charge in [0.15, 0.2) is 0 Å². The molecule has 0 aliphatic rings. The molecule has 1 aromatic carbocycles. The summed E-state index contributed by atoms with van der Waals surface area (Å²) >= 11 is 0. The van der Waals surface area contributed by atoms with E-state index in [4.69, 9.17) is 10.5 Å². The Hall–Kier alpha value is -1.06. The molecule has 0 aliphatic carbocycles. The van der Waals surface area contributed by atoms with Gasteiger partial charge in [-0.05, 0) is 45.7 Å². The lowest BCUT2D eigenvalue weighted by molar-refractivity contribution is 0.00427. The molecule has 1 aromatic rings. The van der Waals surface area contributed by atoms with Gasteiger partial charge >= 0.3 is 0 Å². The maximum atomic E-state index is 6.03. The molecule has 0 aromatic heterocycles. The Bertz CT molecular complexity index is 388. The first-order valence-corrected chi connectivity index (χ1v) is 6.98. The lowest BCUT2D eigenvalue weighted by atomic mass is 10.0. The molecule has 0 fully saturated rings. The minimum absolute atomic E-state index is 0.0740. The van der Waals surface area contributed by atoms with Crippen molar-refractivity contribution in [2.45, 2.75) is 52.3 Å².